The van der Waals surface area contributed by atoms with Gasteiger partial charge in [-0.2, -0.15) is 0 Å². The van der Waals surface area contributed by atoms with Crippen LogP contribution in [0.15, 0.2) is 65.8 Å². The van der Waals surface area contributed by atoms with Gasteiger partial charge >= 0.3 is 0 Å². The van der Waals surface area contributed by atoms with Crippen LogP contribution in [-0.4, -0.2) is 59.2 Å². The fourth-order valence-electron chi connectivity index (χ4n) is 3.92. The van der Waals surface area contributed by atoms with Gasteiger partial charge in [0, 0.05) is 43.1 Å². The van der Waals surface area contributed by atoms with Crippen LogP contribution < -0.4 is 15.5 Å². The first-order valence-electron chi connectivity index (χ1n) is 11.2. The van der Waals surface area contributed by atoms with Crippen molar-refractivity contribution in [2.75, 3.05) is 48.8 Å². The number of halogens is 1. The van der Waals surface area contributed by atoms with E-state index >= 15 is 0 Å². The van der Waals surface area contributed by atoms with Gasteiger partial charge in [0.1, 0.15) is 17.0 Å². The second-order valence-corrected chi connectivity index (χ2v) is 8.29. The van der Waals surface area contributed by atoms with E-state index in [9.17, 15) is 9.18 Å². The van der Waals surface area contributed by atoms with Crippen LogP contribution in [-0.2, 0) is 4.79 Å². The van der Waals surface area contributed by atoms with Gasteiger partial charge in [-0.05, 0) is 43.5 Å². The molecule has 0 radical (unpaired) electrons. The Morgan fingerprint density at radius 3 is 2.77 bits per heavy atom. The van der Waals surface area contributed by atoms with Gasteiger partial charge in [-0.1, -0.05) is 23.9 Å². The van der Waals surface area contributed by atoms with Crippen molar-refractivity contribution in [2.45, 2.75) is 0 Å². The fourth-order valence-corrected chi connectivity index (χ4v) is 3.92. The second kappa shape index (κ2) is 9.51. The molecule has 178 valence electrons. The molecule has 1 aliphatic rings. The quantitative estimate of drug-likeness (QED) is 0.405. The molecule has 2 aromatic carbocycles. The zero-order valence-electron chi connectivity index (χ0n) is 19.2. The molecular weight excluding hydrogens is 449 g/mol. The smallest absolute Gasteiger partial charge is 0.247 e. The van der Waals surface area contributed by atoms with Gasteiger partial charge in [-0.3, -0.25) is 4.79 Å². The van der Waals surface area contributed by atoms with Crippen LogP contribution in [0.1, 0.15) is 0 Å². The average Bonchev–Trinajstić information content (AvgIpc) is 3.29. The van der Waals surface area contributed by atoms with Crippen molar-refractivity contribution in [1.29, 1.82) is 0 Å². The molecule has 4 aromatic rings. The van der Waals surface area contributed by atoms with Crippen molar-refractivity contribution in [2.24, 2.45) is 0 Å². The summed E-state index contributed by atoms with van der Waals surface area (Å²) in [6, 6.07) is 12.2. The maximum Gasteiger partial charge on any atom is 0.247 e. The molecule has 0 aliphatic carbocycles. The lowest BCUT2D eigenvalue weighted by molar-refractivity contribution is -0.111. The summed E-state index contributed by atoms with van der Waals surface area (Å²) in [6.07, 6.45) is 2.68. The molecule has 2 N–H and O–H groups in total. The molecule has 1 amide bonds. The Balaban J connectivity index is 1.39. The largest absolute Gasteiger partial charge is 0.369 e. The summed E-state index contributed by atoms with van der Waals surface area (Å²) in [6.45, 7) is 7.06. The summed E-state index contributed by atoms with van der Waals surface area (Å²) in [5.41, 5.74) is 3.72. The van der Waals surface area contributed by atoms with Crippen molar-refractivity contribution >= 4 is 40.0 Å². The first-order chi connectivity index (χ1) is 17.0. The Kier molecular flexibility index (Phi) is 6.11. The number of likely N-dealkylation sites (N-methyl/N-ethyl adjacent to an activating group) is 1. The van der Waals surface area contributed by atoms with E-state index in [1.807, 2.05) is 12.1 Å². The average molecular weight is 474 g/mol. The maximum atomic E-state index is 14.9. The minimum absolute atomic E-state index is 0.212. The van der Waals surface area contributed by atoms with Gasteiger partial charge in [-0.25, -0.2) is 14.4 Å². The Morgan fingerprint density at radius 2 is 2.00 bits per heavy atom. The van der Waals surface area contributed by atoms with Crippen LogP contribution in [0.5, 0.6) is 0 Å². The van der Waals surface area contributed by atoms with E-state index in [4.69, 9.17) is 4.52 Å². The van der Waals surface area contributed by atoms with E-state index in [1.54, 1.807) is 24.3 Å². The number of hydrogen-bond acceptors (Lipinski definition) is 8. The molecule has 0 spiro atoms. The molecule has 3 heterocycles. The number of benzene rings is 2. The summed E-state index contributed by atoms with van der Waals surface area (Å²) in [5, 5.41) is 9.79. The highest BCUT2D eigenvalue weighted by Gasteiger charge is 2.17. The van der Waals surface area contributed by atoms with Crippen LogP contribution in [0.4, 0.5) is 27.4 Å². The van der Waals surface area contributed by atoms with Gasteiger partial charge in [-0.15, -0.1) is 0 Å². The van der Waals surface area contributed by atoms with Crippen LogP contribution in [0, 0.1) is 5.82 Å². The highest BCUT2D eigenvalue weighted by molar-refractivity contribution is 5.99. The molecule has 9 nitrogen and oxygen atoms in total. The Bertz CT molecular complexity index is 1400. The van der Waals surface area contributed by atoms with Crippen LogP contribution in [0.3, 0.4) is 0 Å². The number of nitrogens with zero attached hydrogens (tertiary/aromatic N) is 5. The van der Waals surface area contributed by atoms with Crippen LogP contribution >= 0.6 is 0 Å². The minimum atomic E-state index is -0.388. The first-order valence-corrected chi connectivity index (χ1v) is 11.2. The SMILES string of the molecule is C=CC(=O)Nc1cccc(-c2noc3cnc(Nc4ccc(N5CCN(C)CC5)cc4F)nc23)c1. The summed E-state index contributed by atoms with van der Waals surface area (Å²) in [7, 11) is 2.08. The molecule has 35 heavy (non-hydrogen) atoms. The number of aromatic nitrogens is 3. The van der Waals surface area contributed by atoms with Gasteiger partial charge in [0.2, 0.25) is 17.4 Å². The first kappa shape index (κ1) is 22.5. The third-order valence-corrected chi connectivity index (χ3v) is 5.87. The molecule has 2 aromatic heterocycles. The number of carbonyl (C=O) groups is 1. The Labute approximate surface area is 201 Å². The highest BCUT2D eigenvalue weighted by Crippen LogP contribution is 2.30. The number of piperazine rings is 1. The topological polar surface area (TPSA) is 99.4 Å². The van der Waals surface area contributed by atoms with Crippen molar-refractivity contribution in [3.05, 3.63) is 67.1 Å². The zero-order chi connectivity index (χ0) is 24.4. The van der Waals surface area contributed by atoms with E-state index in [-0.39, 0.29) is 23.4 Å². The minimum Gasteiger partial charge on any atom is -0.369 e. The van der Waals surface area contributed by atoms with Crippen molar-refractivity contribution < 1.29 is 13.7 Å². The summed E-state index contributed by atoms with van der Waals surface area (Å²) in [4.78, 5) is 24.8. The van der Waals surface area contributed by atoms with Crippen molar-refractivity contribution in [3.8, 4) is 11.3 Å². The third-order valence-electron chi connectivity index (χ3n) is 5.87. The number of hydrogen-bond donors (Lipinski definition) is 2. The monoisotopic (exact) mass is 473 g/mol. The van der Waals surface area contributed by atoms with Gasteiger partial charge < -0.3 is 25.0 Å². The summed E-state index contributed by atoms with van der Waals surface area (Å²) in [5.74, 6) is -0.493. The molecule has 0 unspecified atom stereocenters. The Hall–Kier alpha value is -4.31. The molecule has 0 saturated carbocycles. The number of fused-ring (bicyclic) bond motifs is 1. The normalized spacial score (nSPS) is 14.2. The predicted octanol–water partition coefficient (Wildman–Crippen LogP) is 4.04. The van der Waals surface area contributed by atoms with E-state index in [0.29, 0.717) is 28.0 Å². The molecule has 1 saturated heterocycles. The molecular formula is C25H24FN7O2. The molecule has 0 bridgehead atoms. The molecule has 0 atom stereocenters. The highest BCUT2D eigenvalue weighted by atomic mass is 19.1. The number of amides is 1. The summed E-state index contributed by atoms with van der Waals surface area (Å²) < 4.78 is 20.3. The van der Waals surface area contributed by atoms with Crippen LogP contribution in [0.25, 0.3) is 22.4 Å². The molecule has 1 fully saturated rings. The lowest BCUT2D eigenvalue weighted by atomic mass is 10.1. The van der Waals surface area contributed by atoms with Crippen LogP contribution in [0.2, 0.25) is 0 Å². The lowest BCUT2D eigenvalue weighted by Gasteiger charge is -2.34. The predicted molar refractivity (Wildman–Crippen MR) is 133 cm³/mol. The van der Waals surface area contributed by atoms with Gasteiger partial charge in [0.25, 0.3) is 0 Å². The van der Waals surface area contributed by atoms with Crippen molar-refractivity contribution in [1.82, 2.24) is 20.0 Å². The van der Waals surface area contributed by atoms with E-state index in [1.165, 1.54) is 18.3 Å². The number of nitrogens with one attached hydrogen (secondary N) is 2. The third kappa shape index (κ3) is 4.82. The number of anilines is 4. The van der Waals surface area contributed by atoms with Gasteiger partial charge in [0.15, 0.2) is 0 Å². The molecule has 1 aliphatic heterocycles. The summed E-state index contributed by atoms with van der Waals surface area (Å²) >= 11 is 0. The number of carbonyl (C=O) groups excluding carboxylic acids is 1. The fraction of sp³-hybridized carbons (Fsp3) is 0.200. The van der Waals surface area contributed by atoms with Gasteiger partial charge in [0.05, 0.1) is 11.9 Å². The Morgan fingerprint density at radius 1 is 1.17 bits per heavy atom. The van der Waals surface area contributed by atoms with E-state index in [0.717, 1.165) is 31.9 Å². The number of rotatable bonds is 6. The second-order valence-electron chi connectivity index (χ2n) is 8.29. The van der Waals surface area contributed by atoms with E-state index in [2.05, 4.69) is 49.2 Å². The standard InChI is InChI=1S/C25H24FN7O2/c1-3-22(34)28-17-6-4-5-16(13-17)23-24-21(35-31-23)15-27-25(30-24)29-20-8-7-18(14-19(20)26)33-11-9-32(2)10-12-33/h3-8,13-15H,1,9-12H2,2H3,(H,28,34)(H,27,29,30). The molecule has 5 rings (SSSR count). The molecule has 10 heteroatoms. The maximum absolute atomic E-state index is 14.9. The van der Waals surface area contributed by atoms with E-state index < -0.39 is 0 Å². The zero-order valence-corrected chi connectivity index (χ0v) is 19.2. The lowest BCUT2D eigenvalue weighted by Crippen LogP contribution is -2.44. The van der Waals surface area contributed by atoms with Crippen molar-refractivity contribution in [3.63, 3.8) is 0 Å².